The molecule has 0 unspecified atom stereocenters. The predicted octanol–water partition coefficient (Wildman–Crippen LogP) is 1.05. The molecule has 6 nitrogen and oxygen atoms in total. The number of carbonyl (C=O) groups is 1. The van der Waals surface area contributed by atoms with E-state index in [1.165, 1.54) is 24.3 Å². The summed E-state index contributed by atoms with van der Waals surface area (Å²) in [5.41, 5.74) is 0.0851. The molecule has 19 heavy (non-hydrogen) atoms. The number of esters is 1. The number of rotatable bonds is 5. The van der Waals surface area contributed by atoms with Crippen LogP contribution in [0.5, 0.6) is 0 Å². The lowest BCUT2D eigenvalue weighted by atomic mass is 10.2. The summed E-state index contributed by atoms with van der Waals surface area (Å²) in [6.45, 7) is 3.02. The Bertz CT molecular complexity index is 602. The maximum absolute atomic E-state index is 11.9. The molecule has 0 saturated heterocycles. The average Bonchev–Trinajstić information content (AvgIpc) is 2.34. The van der Waals surface area contributed by atoms with E-state index in [0.29, 0.717) is 0 Å². The second kappa shape index (κ2) is 6.31. The zero-order valence-electron chi connectivity index (χ0n) is 10.6. The molecule has 0 aromatic heterocycles. The average molecular weight is 282 g/mol. The molecule has 1 N–H and O–H groups in total. The lowest BCUT2D eigenvalue weighted by molar-refractivity contribution is 0.0554. The third kappa shape index (κ3) is 4.35. The van der Waals surface area contributed by atoms with Gasteiger partial charge in [-0.15, -0.1) is 0 Å². The van der Waals surface area contributed by atoms with Gasteiger partial charge >= 0.3 is 5.97 Å². The van der Waals surface area contributed by atoms with Crippen LogP contribution in [0.25, 0.3) is 0 Å². The van der Waals surface area contributed by atoms with Gasteiger partial charge < -0.3 is 4.74 Å². The van der Waals surface area contributed by atoms with E-state index >= 15 is 0 Å². The van der Waals surface area contributed by atoms with Crippen LogP contribution in [0.1, 0.15) is 24.2 Å². The first-order chi connectivity index (χ1) is 8.86. The minimum absolute atomic E-state index is 0.0207. The molecule has 0 aliphatic rings. The number of hydrogen-bond acceptors (Lipinski definition) is 5. The van der Waals surface area contributed by atoms with E-state index in [2.05, 4.69) is 9.46 Å². The number of sulfonamides is 1. The van der Waals surface area contributed by atoms with Gasteiger partial charge in [0, 0.05) is 6.04 Å². The summed E-state index contributed by atoms with van der Waals surface area (Å²) in [6.07, 6.45) is 0. The number of carbonyl (C=O) groups excluding carboxylic acids is 1. The van der Waals surface area contributed by atoms with Crippen LogP contribution in [-0.4, -0.2) is 27.0 Å². The van der Waals surface area contributed by atoms with Crippen molar-refractivity contribution < 1.29 is 17.9 Å². The number of hydrogen-bond donors (Lipinski definition) is 1. The van der Waals surface area contributed by atoms with Crippen LogP contribution in [0.15, 0.2) is 29.2 Å². The second-order valence-corrected chi connectivity index (χ2v) is 5.75. The fourth-order valence-corrected chi connectivity index (χ4v) is 2.65. The molecule has 0 heterocycles. The summed E-state index contributed by atoms with van der Waals surface area (Å²) in [6, 6.07) is 6.88. The van der Waals surface area contributed by atoms with Gasteiger partial charge in [-0.25, -0.2) is 17.9 Å². The third-order valence-corrected chi connectivity index (χ3v) is 3.69. The van der Waals surface area contributed by atoms with Gasteiger partial charge in [0.1, 0.15) is 6.07 Å². The fraction of sp³-hybridized carbons (Fsp3) is 0.333. The van der Waals surface area contributed by atoms with Crippen molar-refractivity contribution in [1.82, 2.24) is 4.72 Å². The largest absolute Gasteiger partial charge is 0.447 e. The van der Waals surface area contributed by atoms with Crippen molar-refractivity contribution >= 4 is 16.0 Å². The minimum Gasteiger partial charge on any atom is -0.447 e. The van der Waals surface area contributed by atoms with E-state index in [0.717, 1.165) is 0 Å². The Morgan fingerprint density at radius 2 is 2.16 bits per heavy atom. The Hall–Kier alpha value is -1.91. The molecule has 1 aromatic carbocycles. The van der Waals surface area contributed by atoms with Crippen molar-refractivity contribution in [3.8, 4) is 6.07 Å². The third-order valence-electron chi connectivity index (χ3n) is 2.04. The van der Waals surface area contributed by atoms with Crippen LogP contribution in [0.4, 0.5) is 0 Å². The number of nitrogens with one attached hydrogen (secondary N) is 1. The molecule has 0 atom stereocenters. The number of ether oxygens (including phenoxy) is 1. The summed E-state index contributed by atoms with van der Waals surface area (Å²) in [5.74, 6) is -0.733. The topological polar surface area (TPSA) is 96.3 Å². The molecular formula is C12H14N2O4S. The molecule has 0 saturated carbocycles. The van der Waals surface area contributed by atoms with Gasteiger partial charge in [-0.3, -0.25) is 0 Å². The molecule has 0 aliphatic heterocycles. The number of nitrogens with zero attached hydrogens (tertiary/aromatic N) is 1. The molecule has 0 aliphatic carbocycles. The summed E-state index contributed by atoms with van der Waals surface area (Å²) in [4.78, 5) is 11.5. The summed E-state index contributed by atoms with van der Waals surface area (Å²) in [7, 11) is -3.66. The maximum atomic E-state index is 11.9. The Balaban J connectivity index is 3.01. The first-order valence-electron chi connectivity index (χ1n) is 5.53. The zero-order chi connectivity index (χ0) is 14.5. The first-order valence-corrected chi connectivity index (χ1v) is 7.01. The molecule has 0 bridgehead atoms. The Morgan fingerprint density at radius 1 is 1.47 bits per heavy atom. The van der Waals surface area contributed by atoms with Gasteiger partial charge in [0.25, 0.3) is 0 Å². The maximum Gasteiger partial charge on any atom is 0.339 e. The first kappa shape index (κ1) is 15.1. The highest BCUT2D eigenvalue weighted by Gasteiger charge is 2.17. The smallest absolute Gasteiger partial charge is 0.339 e. The van der Waals surface area contributed by atoms with E-state index in [-0.39, 0.29) is 23.1 Å². The normalized spacial score (nSPS) is 11.1. The van der Waals surface area contributed by atoms with Gasteiger partial charge in [-0.2, -0.15) is 5.26 Å². The Morgan fingerprint density at radius 3 is 2.74 bits per heavy atom. The molecule has 102 valence electrons. The lowest BCUT2D eigenvalue weighted by Crippen LogP contribution is -2.30. The molecule has 0 radical (unpaired) electrons. The van der Waals surface area contributed by atoms with Crippen LogP contribution in [-0.2, 0) is 14.8 Å². The van der Waals surface area contributed by atoms with Crippen LogP contribution in [0.2, 0.25) is 0 Å². The SMILES string of the molecule is CC(C)NS(=O)(=O)c1cccc(C(=O)OCC#N)c1. The van der Waals surface area contributed by atoms with E-state index < -0.39 is 16.0 Å². The highest BCUT2D eigenvalue weighted by atomic mass is 32.2. The molecule has 1 aromatic rings. The van der Waals surface area contributed by atoms with Crippen molar-refractivity contribution in [2.45, 2.75) is 24.8 Å². The van der Waals surface area contributed by atoms with Crippen LogP contribution >= 0.6 is 0 Å². The molecular weight excluding hydrogens is 268 g/mol. The van der Waals surface area contributed by atoms with Gasteiger partial charge in [0.2, 0.25) is 10.0 Å². The monoisotopic (exact) mass is 282 g/mol. The van der Waals surface area contributed by atoms with Crippen LogP contribution in [0, 0.1) is 11.3 Å². The standard InChI is InChI=1S/C12H14N2O4S/c1-9(2)14-19(16,17)11-5-3-4-10(8-11)12(15)18-7-6-13/h3-5,8-9,14H,7H2,1-2H3. The van der Waals surface area contributed by atoms with Crippen LogP contribution in [0.3, 0.4) is 0 Å². The summed E-state index contributed by atoms with van der Waals surface area (Å²) < 4.78 is 30.9. The summed E-state index contributed by atoms with van der Waals surface area (Å²) >= 11 is 0. The molecule has 7 heteroatoms. The van der Waals surface area contributed by atoms with Crippen molar-refractivity contribution in [3.05, 3.63) is 29.8 Å². The van der Waals surface area contributed by atoms with Gasteiger partial charge in [0.15, 0.2) is 6.61 Å². The number of benzene rings is 1. The second-order valence-electron chi connectivity index (χ2n) is 4.04. The summed E-state index contributed by atoms with van der Waals surface area (Å²) in [5, 5.41) is 8.31. The highest BCUT2D eigenvalue weighted by Crippen LogP contribution is 2.13. The Labute approximate surface area is 112 Å². The Kier molecular flexibility index (Phi) is 5.03. The lowest BCUT2D eigenvalue weighted by Gasteiger charge is -2.10. The predicted molar refractivity (Wildman–Crippen MR) is 67.8 cm³/mol. The zero-order valence-corrected chi connectivity index (χ0v) is 11.4. The number of nitriles is 1. The van der Waals surface area contributed by atoms with Crippen molar-refractivity contribution in [2.75, 3.05) is 6.61 Å². The quantitative estimate of drug-likeness (QED) is 0.814. The van der Waals surface area contributed by atoms with E-state index in [9.17, 15) is 13.2 Å². The molecule has 0 fully saturated rings. The van der Waals surface area contributed by atoms with Crippen molar-refractivity contribution in [1.29, 1.82) is 5.26 Å². The highest BCUT2D eigenvalue weighted by molar-refractivity contribution is 7.89. The fourth-order valence-electron chi connectivity index (χ4n) is 1.35. The van der Waals surface area contributed by atoms with E-state index in [1.54, 1.807) is 19.9 Å². The van der Waals surface area contributed by atoms with Crippen LogP contribution < -0.4 is 4.72 Å². The molecule has 1 rings (SSSR count). The van der Waals surface area contributed by atoms with Gasteiger partial charge in [0.05, 0.1) is 10.5 Å². The van der Waals surface area contributed by atoms with E-state index in [1.807, 2.05) is 0 Å². The van der Waals surface area contributed by atoms with Gasteiger partial charge in [-0.1, -0.05) is 6.07 Å². The minimum atomic E-state index is -3.66. The van der Waals surface area contributed by atoms with Crippen molar-refractivity contribution in [3.63, 3.8) is 0 Å². The molecule has 0 amide bonds. The van der Waals surface area contributed by atoms with Crippen molar-refractivity contribution in [2.24, 2.45) is 0 Å². The van der Waals surface area contributed by atoms with Gasteiger partial charge in [-0.05, 0) is 32.0 Å². The van der Waals surface area contributed by atoms with E-state index in [4.69, 9.17) is 5.26 Å². The molecule has 0 spiro atoms.